The van der Waals surface area contributed by atoms with E-state index in [2.05, 4.69) is 17.4 Å². The molecule has 0 bridgehead atoms. The number of carbonyl (C=O) groups excluding carboxylic acids is 1. The summed E-state index contributed by atoms with van der Waals surface area (Å²) in [4.78, 5) is 11.5. The van der Waals surface area contributed by atoms with E-state index in [9.17, 15) is 4.79 Å². The first kappa shape index (κ1) is 12.1. The second kappa shape index (κ2) is 5.82. The molecule has 17 heavy (non-hydrogen) atoms. The normalized spacial score (nSPS) is 17.9. The first-order valence-corrected chi connectivity index (χ1v) is 6.35. The van der Waals surface area contributed by atoms with E-state index in [4.69, 9.17) is 5.73 Å². The lowest BCUT2D eigenvalue weighted by molar-refractivity contribution is -0.120. The molecular weight excluding hydrogens is 212 g/mol. The number of benzene rings is 1. The molecule has 2 rings (SSSR count). The van der Waals surface area contributed by atoms with E-state index in [0.717, 1.165) is 0 Å². The second-order valence-electron chi connectivity index (χ2n) is 4.70. The van der Waals surface area contributed by atoms with Gasteiger partial charge < -0.3 is 11.1 Å². The lowest BCUT2D eigenvalue weighted by atomic mass is 9.91. The summed E-state index contributed by atoms with van der Waals surface area (Å²) in [5.41, 5.74) is 6.58. The van der Waals surface area contributed by atoms with E-state index in [1.54, 1.807) is 0 Å². The standard InChI is InChI=1S/C14H20N2O/c15-10-13(17)16-14(12-8-4-5-9-12)11-6-2-1-3-7-11/h1-3,6-7,12,14H,4-5,8-10,15H2,(H,16,17). The Morgan fingerprint density at radius 2 is 1.94 bits per heavy atom. The van der Waals surface area contributed by atoms with Crippen LogP contribution in [0.1, 0.15) is 37.3 Å². The van der Waals surface area contributed by atoms with Gasteiger partial charge in [-0.05, 0) is 24.3 Å². The van der Waals surface area contributed by atoms with Crippen LogP contribution < -0.4 is 11.1 Å². The summed E-state index contributed by atoms with van der Waals surface area (Å²) in [6, 6.07) is 10.3. The third-order valence-electron chi connectivity index (χ3n) is 3.53. The Balaban J connectivity index is 2.14. The van der Waals surface area contributed by atoms with Crippen molar-refractivity contribution in [2.75, 3.05) is 6.54 Å². The molecule has 0 aliphatic heterocycles. The molecule has 0 spiro atoms. The van der Waals surface area contributed by atoms with Gasteiger partial charge in [0, 0.05) is 0 Å². The van der Waals surface area contributed by atoms with Crippen LogP contribution in [-0.4, -0.2) is 12.5 Å². The van der Waals surface area contributed by atoms with Crippen molar-refractivity contribution in [1.82, 2.24) is 5.32 Å². The van der Waals surface area contributed by atoms with Crippen LogP contribution >= 0.6 is 0 Å². The summed E-state index contributed by atoms with van der Waals surface area (Å²) in [7, 11) is 0. The zero-order valence-electron chi connectivity index (χ0n) is 10.1. The molecule has 1 aliphatic carbocycles. The van der Waals surface area contributed by atoms with Crippen LogP contribution in [0.4, 0.5) is 0 Å². The van der Waals surface area contributed by atoms with E-state index in [1.807, 2.05) is 18.2 Å². The van der Waals surface area contributed by atoms with Crippen molar-refractivity contribution in [2.24, 2.45) is 11.7 Å². The van der Waals surface area contributed by atoms with Crippen molar-refractivity contribution in [3.8, 4) is 0 Å². The van der Waals surface area contributed by atoms with Gasteiger partial charge in [-0.3, -0.25) is 4.79 Å². The predicted molar refractivity (Wildman–Crippen MR) is 68.3 cm³/mol. The van der Waals surface area contributed by atoms with E-state index in [0.29, 0.717) is 5.92 Å². The third-order valence-corrected chi connectivity index (χ3v) is 3.53. The first-order chi connectivity index (χ1) is 8.31. The van der Waals surface area contributed by atoms with Gasteiger partial charge in [0.2, 0.25) is 5.91 Å². The number of hydrogen-bond donors (Lipinski definition) is 2. The number of nitrogens with two attached hydrogens (primary N) is 1. The number of nitrogens with one attached hydrogen (secondary N) is 1. The minimum atomic E-state index is -0.0641. The molecule has 1 atom stereocenters. The summed E-state index contributed by atoms with van der Waals surface area (Å²) in [6.07, 6.45) is 4.94. The van der Waals surface area contributed by atoms with Gasteiger partial charge in [-0.15, -0.1) is 0 Å². The fourth-order valence-corrected chi connectivity index (χ4v) is 2.66. The van der Waals surface area contributed by atoms with Crippen LogP contribution in [0.5, 0.6) is 0 Å². The van der Waals surface area contributed by atoms with Crippen LogP contribution in [0.15, 0.2) is 30.3 Å². The minimum absolute atomic E-state index is 0.0641. The van der Waals surface area contributed by atoms with Crippen molar-refractivity contribution in [2.45, 2.75) is 31.7 Å². The van der Waals surface area contributed by atoms with E-state index >= 15 is 0 Å². The summed E-state index contributed by atoms with van der Waals surface area (Å²) < 4.78 is 0. The van der Waals surface area contributed by atoms with Crippen LogP contribution in [0.3, 0.4) is 0 Å². The Morgan fingerprint density at radius 1 is 1.29 bits per heavy atom. The molecule has 1 unspecified atom stereocenters. The lowest BCUT2D eigenvalue weighted by Gasteiger charge is -2.25. The molecule has 1 fully saturated rings. The molecular formula is C14H20N2O. The topological polar surface area (TPSA) is 55.1 Å². The minimum Gasteiger partial charge on any atom is -0.348 e. The van der Waals surface area contributed by atoms with Gasteiger partial charge in [-0.2, -0.15) is 0 Å². The van der Waals surface area contributed by atoms with E-state index in [-0.39, 0.29) is 18.5 Å². The van der Waals surface area contributed by atoms with Gasteiger partial charge in [0.15, 0.2) is 0 Å². The molecule has 0 radical (unpaired) electrons. The number of rotatable bonds is 4. The first-order valence-electron chi connectivity index (χ1n) is 6.35. The Hall–Kier alpha value is -1.35. The zero-order chi connectivity index (χ0) is 12.1. The summed E-state index contributed by atoms with van der Waals surface area (Å²) >= 11 is 0. The maximum atomic E-state index is 11.5. The van der Waals surface area contributed by atoms with Crippen LogP contribution in [0, 0.1) is 5.92 Å². The molecule has 0 saturated heterocycles. The highest BCUT2D eigenvalue weighted by Gasteiger charge is 2.27. The van der Waals surface area contributed by atoms with Crippen molar-refractivity contribution < 1.29 is 4.79 Å². The summed E-state index contributed by atoms with van der Waals surface area (Å²) in [5, 5.41) is 3.06. The Labute approximate surface area is 102 Å². The van der Waals surface area contributed by atoms with Crippen LogP contribution in [0.2, 0.25) is 0 Å². The molecule has 0 aromatic heterocycles. The number of amides is 1. The zero-order valence-corrected chi connectivity index (χ0v) is 10.1. The van der Waals surface area contributed by atoms with E-state index < -0.39 is 0 Å². The molecule has 3 N–H and O–H groups in total. The smallest absolute Gasteiger partial charge is 0.234 e. The average molecular weight is 232 g/mol. The summed E-state index contributed by atoms with van der Waals surface area (Å²) in [6.45, 7) is 0.0655. The Morgan fingerprint density at radius 3 is 2.53 bits per heavy atom. The molecule has 92 valence electrons. The maximum absolute atomic E-state index is 11.5. The van der Waals surface area contributed by atoms with E-state index in [1.165, 1.54) is 31.2 Å². The quantitative estimate of drug-likeness (QED) is 0.834. The number of carbonyl (C=O) groups is 1. The Bertz CT molecular complexity index is 358. The monoisotopic (exact) mass is 232 g/mol. The molecule has 1 saturated carbocycles. The van der Waals surface area contributed by atoms with Crippen molar-refractivity contribution in [3.63, 3.8) is 0 Å². The van der Waals surface area contributed by atoms with Crippen molar-refractivity contribution in [1.29, 1.82) is 0 Å². The van der Waals surface area contributed by atoms with Gasteiger partial charge in [0.05, 0.1) is 12.6 Å². The SMILES string of the molecule is NCC(=O)NC(c1ccccc1)C1CCCC1. The molecule has 1 amide bonds. The van der Waals surface area contributed by atoms with Gasteiger partial charge in [-0.1, -0.05) is 43.2 Å². The molecule has 1 aliphatic rings. The van der Waals surface area contributed by atoms with Crippen molar-refractivity contribution in [3.05, 3.63) is 35.9 Å². The molecule has 0 heterocycles. The van der Waals surface area contributed by atoms with Gasteiger partial charge in [-0.25, -0.2) is 0 Å². The number of hydrogen-bond acceptors (Lipinski definition) is 2. The predicted octanol–water partition coefficient (Wildman–Crippen LogP) is 1.99. The van der Waals surface area contributed by atoms with Gasteiger partial charge >= 0.3 is 0 Å². The van der Waals surface area contributed by atoms with Gasteiger partial charge in [0.1, 0.15) is 0 Å². The molecule has 1 aromatic carbocycles. The Kier molecular flexibility index (Phi) is 4.15. The molecule has 3 heteroatoms. The lowest BCUT2D eigenvalue weighted by Crippen LogP contribution is -2.36. The molecule has 1 aromatic rings. The van der Waals surface area contributed by atoms with Crippen LogP contribution in [-0.2, 0) is 4.79 Å². The summed E-state index contributed by atoms with van der Waals surface area (Å²) in [5.74, 6) is 0.499. The third kappa shape index (κ3) is 3.07. The van der Waals surface area contributed by atoms with Crippen molar-refractivity contribution >= 4 is 5.91 Å². The largest absolute Gasteiger partial charge is 0.348 e. The maximum Gasteiger partial charge on any atom is 0.234 e. The van der Waals surface area contributed by atoms with Crippen LogP contribution in [0.25, 0.3) is 0 Å². The fourth-order valence-electron chi connectivity index (χ4n) is 2.66. The highest BCUT2D eigenvalue weighted by atomic mass is 16.1. The average Bonchev–Trinajstić information content (AvgIpc) is 2.90. The molecule has 3 nitrogen and oxygen atoms in total. The van der Waals surface area contributed by atoms with Gasteiger partial charge in [0.25, 0.3) is 0 Å². The highest BCUT2D eigenvalue weighted by Crippen LogP contribution is 2.35. The second-order valence-corrected chi connectivity index (χ2v) is 4.70. The highest BCUT2D eigenvalue weighted by molar-refractivity contribution is 5.78. The fraction of sp³-hybridized carbons (Fsp3) is 0.500.